The van der Waals surface area contributed by atoms with Crippen LogP contribution in [0, 0.1) is 5.82 Å². The Kier molecular flexibility index (Phi) is 7.97. The minimum absolute atomic E-state index is 0.0114. The van der Waals surface area contributed by atoms with Crippen LogP contribution >= 0.6 is 0 Å². The summed E-state index contributed by atoms with van der Waals surface area (Å²) >= 11 is 0. The predicted octanol–water partition coefficient (Wildman–Crippen LogP) is 4.33. The van der Waals surface area contributed by atoms with Gasteiger partial charge in [0.2, 0.25) is 0 Å². The number of nitrogens with one attached hydrogen (secondary N) is 1. The lowest BCUT2D eigenvalue weighted by molar-refractivity contribution is 0.0135. The second-order valence-electron chi connectivity index (χ2n) is 8.51. The second kappa shape index (κ2) is 11.3. The van der Waals surface area contributed by atoms with E-state index in [0.717, 1.165) is 34.4 Å². The van der Waals surface area contributed by atoms with Crippen molar-refractivity contribution in [2.45, 2.75) is 31.5 Å². The van der Waals surface area contributed by atoms with Crippen LogP contribution in [0.1, 0.15) is 52.4 Å². The van der Waals surface area contributed by atoms with Crippen LogP contribution in [0.3, 0.4) is 0 Å². The summed E-state index contributed by atoms with van der Waals surface area (Å²) in [6, 6.07) is 19.5. The summed E-state index contributed by atoms with van der Waals surface area (Å²) in [7, 11) is 0. The molecule has 3 N–H and O–H groups in total. The molecule has 0 spiro atoms. The maximum atomic E-state index is 13.9. The number of aliphatic hydroxyl groups excluding tert-OH is 2. The van der Waals surface area contributed by atoms with Crippen LogP contribution in [-0.2, 0) is 9.47 Å². The fraction of sp³-hybridized carbons (Fsp3) is 0.286. The summed E-state index contributed by atoms with van der Waals surface area (Å²) in [6.45, 7) is 1.88. The first-order valence-electron chi connectivity index (χ1n) is 11.8. The van der Waals surface area contributed by atoms with E-state index in [-0.39, 0.29) is 43.2 Å². The number of benzene rings is 3. The molecule has 0 saturated heterocycles. The summed E-state index contributed by atoms with van der Waals surface area (Å²) in [6.07, 6.45) is -3.27. The molecule has 3 aromatic carbocycles. The number of rotatable bonds is 9. The van der Waals surface area contributed by atoms with E-state index < -0.39 is 30.1 Å². The Morgan fingerprint density at radius 2 is 1.61 bits per heavy atom. The highest BCUT2D eigenvalue weighted by molar-refractivity contribution is 5.90. The van der Waals surface area contributed by atoms with Gasteiger partial charge in [0.05, 0.1) is 18.3 Å². The Balaban J connectivity index is 1.29. The number of ether oxygens (including phenoxy) is 2. The normalized spacial score (nSPS) is 13.9. The number of esters is 1. The van der Waals surface area contributed by atoms with Crippen LogP contribution in [0.15, 0.2) is 66.7 Å². The van der Waals surface area contributed by atoms with Crippen LogP contribution in [0.25, 0.3) is 11.1 Å². The van der Waals surface area contributed by atoms with Crippen molar-refractivity contribution < 1.29 is 33.7 Å². The zero-order chi connectivity index (χ0) is 25.7. The Hall–Kier alpha value is -3.75. The van der Waals surface area contributed by atoms with Gasteiger partial charge < -0.3 is 25.0 Å². The average Bonchev–Trinajstić information content (AvgIpc) is 3.21. The summed E-state index contributed by atoms with van der Waals surface area (Å²) < 4.78 is 24.2. The van der Waals surface area contributed by atoms with E-state index in [0.29, 0.717) is 0 Å². The van der Waals surface area contributed by atoms with Crippen molar-refractivity contribution in [1.29, 1.82) is 0 Å². The first-order chi connectivity index (χ1) is 17.4. The lowest BCUT2D eigenvalue weighted by Gasteiger charge is -2.19. The number of amides is 1. The molecule has 7 nitrogen and oxygen atoms in total. The summed E-state index contributed by atoms with van der Waals surface area (Å²) in [5.41, 5.74) is 4.31. The molecule has 36 heavy (non-hydrogen) atoms. The first kappa shape index (κ1) is 25.3. The van der Waals surface area contributed by atoms with E-state index >= 15 is 0 Å². The number of hydrogen-bond donors (Lipinski definition) is 3. The van der Waals surface area contributed by atoms with Gasteiger partial charge in [0, 0.05) is 12.5 Å². The van der Waals surface area contributed by atoms with Gasteiger partial charge >= 0.3 is 12.1 Å². The Labute approximate surface area is 208 Å². The number of halogens is 1. The number of alkyl carbamates (subject to hydrolysis) is 1. The third-order valence-electron chi connectivity index (χ3n) is 6.24. The van der Waals surface area contributed by atoms with Crippen molar-refractivity contribution in [1.82, 2.24) is 5.32 Å². The maximum Gasteiger partial charge on any atom is 0.407 e. The van der Waals surface area contributed by atoms with Crippen molar-refractivity contribution in [3.8, 4) is 11.1 Å². The fourth-order valence-corrected chi connectivity index (χ4v) is 4.44. The average molecular weight is 494 g/mol. The molecular formula is C28H28FNO6. The first-order valence-corrected chi connectivity index (χ1v) is 11.8. The molecule has 8 heteroatoms. The van der Waals surface area contributed by atoms with Gasteiger partial charge in [-0.1, -0.05) is 54.6 Å². The molecule has 0 aromatic heterocycles. The van der Waals surface area contributed by atoms with Gasteiger partial charge in [0.15, 0.2) is 0 Å². The van der Waals surface area contributed by atoms with Gasteiger partial charge in [0.1, 0.15) is 18.5 Å². The number of carbonyl (C=O) groups is 2. The highest BCUT2D eigenvalue weighted by Crippen LogP contribution is 2.44. The van der Waals surface area contributed by atoms with Crippen molar-refractivity contribution in [3.63, 3.8) is 0 Å². The molecule has 188 valence electrons. The summed E-state index contributed by atoms with van der Waals surface area (Å²) in [4.78, 5) is 24.2. The van der Waals surface area contributed by atoms with Crippen molar-refractivity contribution in [2.24, 2.45) is 0 Å². The van der Waals surface area contributed by atoms with Crippen molar-refractivity contribution in [2.75, 3.05) is 19.8 Å². The van der Waals surface area contributed by atoms with Crippen molar-refractivity contribution in [3.05, 3.63) is 94.8 Å². The molecule has 0 radical (unpaired) electrons. The number of carbonyl (C=O) groups excluding carboxylic acids is 2. The molecular weight excluding hydrogens is 465 g/mol. The minimum atomic E-state index is -1.39. The third-order valence-corrected chi connectivity index (χ3v) is 6.24. The zero-order valence-electron chi connectivity index (χ0n) is 19.8. The minimum Gasteiger partial charge on any atom is -0.462 e. The quantitative estimate of drug-likeness (QED) is 0.384. The summed E-state index contributed by atoms with van der Waals surface area (Å²) in [5, 5.41) is 23.4. The third kappa shape index (κ3) is 5.40. The van der Waals surface area contributed by atoms with Gasteiger partial charge in [-0.3, -0.25) is 0 Å². The fourth-order valence-electron chi connectivity index (χ4n) is 4.44. The lowest BCUT2D eigenvalue weighted by Crippen LogP contribution is -2.30. The standard InChI is InChI=1S/C28H28FNO6/c1-2-35-27(33)22-15-17(11-12-24(22)29)26(32)25(31)13-14-30-28(34)36-16-23-20-9-5-3-7-18(20)19-8-4-6-10-21(19)23/h3-12,15,23,25-26,31-32H,2,13-14,16H2,1H3,(H,30,34). The van der Waals surface area contributed by atoms with Crippen LogP contribution < -0.4 is 5.32 Å². The Bertz CT molecular complexity index is 1200. The SMILES string of the molecule is CCOC(=O)c1cc(C(O)C(O)CCNC(=O)OCC2c3ccccc3-c3ccccc32)ccc1F. The Morgan fingerprint density at radius 3 is 2.25 bits per heavy atom. The van der Waals surface area contributed by atoms with E-state index in [2.05, 4.69) is 17.4 Å². The van der Waals surface area contributed by atoms with Gasteiger partial charge in [-0.2, -0.15) is 0 Å². The van der Waals surface area contributed by atoms with Crippen LogP contribution in [-0.4, -0.2) is 48.1 Å². The molecule has 0 saturated carbocycles. The largest absolute Gasteiger partial charge is 0.462 e. The van der Waals surface area contributed by atoms with E-state index in [1.54, 1.807) is 6.92 Å². The Morgan fingerprint density at radius 1 is 0.972 bits per heavy atom. The molecule has 1 amide bonds. The molecule has 0 heterocycles. The molecule has 1 aliphatic rings. The molecule has 2 unspecified atom stereocenters. The van der Waals surface area contributed by atoms with Crippen LogP contribution in [0.4, 0.5) is 9.18 Å². The number of aliphatic hydroxyl groups is 2. The highest BCUT2D eigenvalue weighted by Gasteiger charge is 2.29. The van der Waals surface area contributed by atoms with Gasteiger partial charge in [0.25, 0.3) is 0 Å². The molecule has 0 aliphatic heterocycles. The molecule has 0 fully saturated rings. The van der Waals surface area contributed by atoms with Crippen LogP contribution in [0.5, 0.6) is 0 Å². The van der Waals surface area contributed by atoms with E-state index in [4.69, 9.17) is 9.47 Å². The van der Waals surface area contributed by atoms with Gasteiger partial charge in [-0.15, -0.1) is 0 Å². The molecule has 2 atom stereocenters. The van der Waals surface area contributed by atoms with Crippen LogP contribution in [0.2, 0.25) is 0 Å². The lowest BCUT2D eigenvalue weighted by atomic mass is 9.98. The molecule has 1 aliphatic carbocycles. The van der Waals surface area contributed by atoms with Gasteiger partial charge in [-0.25, -0.2) is 14.0 Å². The second-order valence-corrected chi connectivity index (χ2v) is 8.51. The molecule has 3 aromatic rings. The van der Waals surface area contributed by atoms with E-state index in [1.807, 2.05) is 36.4 Å². The zero-order valence-corrected chi connectivity index (χ0v) is 19.8. The summed E-state index contributed by atoms with van der Waals surface area (Å²) in [5.74, 6) is -1.70. The monoisotopic (exact) mass is 493 g/mol. The molecule has 4 rings (SSSR count). The van der Waals surface area contributed by atoms with E-state index in [1.165, 1.54) is 6.07 Å². The number of hydrogen-bond acceptors (Lipinski definition) is 6. The topological polar surface area (TPSA) is 105 Å². The van der Waals surface area contributed by atoms with Crippen molar-refractivity contribution >= 4 is 12.1 Å². The smallest absolute Gasteiger partial charge is 0.407 e. The van der Waals surface area contributed by atoms with E-state index in [9.17, 15) is 24.2 Å². The molecule has 0 bridgehead atoms. The number of fused-ring (bicyclic) bond motifs is 3. The maximum absolute atomic E-state index is 13.9. The highest BCUT2D eigenvalue weighted by atomic mass is 19.1. The van der Waals surface area contributed by atoms with Gasteiger partial charge in [-0.05, 0) is 53.3 Å². The predicted molar refractivity (Wildman–Crippen MR) is 131 cm³/mol.